The number of aryl methyl sites for hydroxylation is 1. The van der Waals surface area contributed by atoms with E-state index < -0.39 is 0 Å². The zero-order chi connectivity index (χ0) is 12.7. The van der Waals surface area contributed by atoms with E-state index >= 15 is 0 Å². The number of halogens is 1. The van der Waals surface area contributed by atoms with E-state index in [1.807, 2.05) is 23.6 Å². The molecule has 1 atom stereocenters. The van der Waals surface area contributed by atoms with Crippen molar-refractivity contribution >= 4 is 33.0 Å². The van der Waals surface area contributed by atoms with Crippen molar-refractivity contribution in [1.29, 1.82) is 0 Å². The zero-order valence-electron chi connectivity index (χ0n) is 9.77. The molecule has 0 spiro atoms. The van der Waals surface area contributed by atoms with Crippen LogP contribution in [0.15, 0.2) is 34.1 Å². The fourth-order valence-electron chi connectivity index (χ4n) is 2.16. The molecule has 0 fully saturated rings. The molecule has 2 heterocycles. The predicted octanol–water partition coefficient (Wildman–Crippen LogP) is 4.53. The summed E-state index contributed by atoms with van der Waals surface area (Å²) < 4.78 is 6.90. The van der Waals surface area contributed by atoms with E-state index in [9.17, 15) is 4.79 Å². The Labute approximate surface area is 118 Å². The molecule has 2 aromatic rings. The van der Waals surface area contributed by atoms with Gasteiger partial charge in [0.2, 0.25) is 0 Å². The van der Waals surface area contributed by atoms with E-state index in [2.05, 4.69) is 28.9 Å². The molecule has 0 radical (unpaired) electrons. The quantitative estimate of drug-likeness (QED) is 0.771. The predicted molar refractivity (Wildman–Crippen MR) is 75.5 cm³/mol. The molecule has 1 aliphatic rings. The summed E-state index contributed by atoms with van der Waals surface area (Å²) in [5.41, 5.74) is 1.87. The molecule has 0 saturated heterocycles. The molecule has 1 unspecified atom stereocenters. The van der Waals surface area contributed by atoms with E-state index in [0.717, 1.165) is 9.35 Å². The first-order valence-electron chi connectivity index (χ1n) is 5.68. The van der Waals surface area contributed by atoms with Crippen molar-refractivity contribution in [2.75, 3.05) is 0 Å². The second kappa shape index (κ2) is 4.52. The molecule has 0 amide bonds. The number of ketones is 1. The minimum atomic E-state index is -0.140. The van der Waals surface area contributed by atoms with E-state index in [1.165, 1.54) is 5.56 Å². The van der Waals surface area contributed by atoms with E-state index in [1.54, 1.807) is 11.3 Å². The lowest BCUT2D eigenvalue weighted by Gasteiger charge is -2.25. The Morgan fingerprint density at radius 3 is 2.94 bits per heavy atom. The largest absolute Gasteiger partial charge is 0.484 e. The van der Waals surface area contributed by atoms with E-state index in [4.69, 9.17) is 4.74 Å². The van der Waals surface area contributed by atoms with E-state index in [0.29, 0.717) is 17.7 Å². The highest BCUT2D eigenvalue weighted by molar-refractivity contribution is 9.10. The van der Waals surface area contributed by atoms with Gasteiger partial charge in [-0.1, -0.05) is 15.9 Å². The van der Waals surface area contributed by atoms with Gasteiger partial charge in [-0.3, -0.25) is 4.79 Å². The average Bonchev–Trinajstić information content (AvgIpc) is 2.74. The number of benzene rings is 1. The zero-order valence-corrected chi connectivity index (χ0v) is 12.2. The summed E-state index contributed by atoms with van der Waals surface area (Å²) >= 11 is 5.05. The highest BCUT2D eigenvalue weighted by Crippen LogP contribution is 2.38. The molecule has 0 saturated carbocycles. The highest BCUT2D eigenvalue weighted by atomic mass is 79.9. The normalized spacial score (nSPS) is 18.3. The first kappa shape index (κ1) is 11.9. The molecular formula is C14H11BrO2S. The third-order valence-corrected chi connectivity index (χ3v) is 4.68. The maximum absolute atomic E-state index is 12.1. The van der Waals surface area contributed by atoms with Crippen LogP contribution in [0.5, 0.6) is 5.75 Å². The number of Topliss-reactive ketones (excluding diaryl/α,β-unsaturated/α-hetero) is 1. The summed E-state index contributed by atoms with van der Waals surface area (Å²) in [4.78, 5) is 13.3. The van der Waals surface area contributed by atoms with Gasteiger partial charge in [0.25, 0.3) is 0 Å². The molecule has 18 heavy (non-hydrogen) atoms. The smallest absolute Gasteiger partial charge is 0.170 e. The van der Waals surface area contributed by atoms with Gasteiger partial charge in [0.05, 0.1) is 12.0 Å². The van der Waals surface area contributed by atoms with Gasteiger partial charge < -0.3 is 4.74 Å². The van der Waals surface area contributed by atoms with Crippen LogP contribution in [0, 0.1) is 6.92 Å². The summed E-state index contributed by atoms with van der Waals surface area (Å²) in [5.74, 6) is 0.833. The second-order valence-corrected chi connectivity index (χ2v) is 6.21. The minimum Gasteiger partial charge on any atom is -0.484 e. The molecule has 4 heteroatoms. The van der Waals surface area contributed by atoms with Crippen LogP contribution in [0.1, 0.15) is 33.3 Å². The van der Waals surface area contributed by atoms with Gasteiger partial charge in [-0.05, 0) is 42.1 Å². The van der Waals surface area contributed by atoms with E-state index in [-0.39, 0.29) is 11.9 Å². The summed E-state index contributed by atoms with van der Waals surface area (Å²) in [6, 6.07) is 7.61. The van der Waals surface area contributed by atoms with Gasteiger partial charge in [-0.2, -0.15) is 0 Å². The number of fused-ring (bicyclic) bond motifs is 1. The standard InChI is InChI=1S/C14H11BrO2S/c1-8-4-5-18-14(8)13-7-11(16)10-3-2-9(15)6-12(10)17-13/h2-6,13H,7H2,1H3. The molecular weight excluding hydrogens is 312 g/mol. The molecule has 2 nitrogen and oxygen atoms in total. The molecule has 3 rings (SSSR count). The molecule has 0 bridgehead atoms. The van der Waals surface area contributed by atoms with Gasteiger partial charge in [0.1, 0.15) is 11.9 Å². The van der Waals surface area contributed by atoms with Crippen molar-refractivity contribution in [3.8, 4) is 5.75 Å². The molecule has 1 aromatic heterocycles. The lowest BCUT2D eigenvalue weighted by Crippen LogP contribution is -2.20. The summed E-state index contributed by atoms with van der Waals surface area (Å²) in [5, 5.41) is 2.04. The number of carbonyl (C=O) groups is 1. The Hall–Kier alpha value is -1.13. The Balaban J connectivity index is 2.01. The van der Waals surface area contributed by atoms with Gasteiger partial charge in [0.15, 0.2) is 5.78 Å². The lowest BCUT2D eigenvalue weighted by molar-refractivity contribution is 0.0853. The molecule has 1 aliphatic heterocycles. The van der Waals surface area contributed by atoms with Crippen LogP contribution in [0.3, 0.4) is 0 Å². The molecule has 92 valence electrons. The van der Waals surface area contributed by atoms with Crippen LogP contribution < -0.4 is 4.74 Å². The first-order valence-corrected chi connectivity index (χ1v) is 7.36. The fraction of sp³-hybridized carbons (Fsp3) is 0.214. The third-order valence-electron chi connectivity index (χ3n) is 3.08. The number of hydrogen-bond acceptors (Lipinski definition) is 3. The Morgan fingerprint density at radius 2 is 2.22 bits per heavy atom. The van der Waals surface area contributed by atoms with Crippen LogP contribution in [0.25, 0.3) is 0 Å². The maximum atomic E-state index is 12.1. The summed E-state index contributed by atoms with van der Waals surface area (Å²) in [7, 11) is 0. The number of rotatable bonds is 1. The minimum absolute atomic E-state index is 0.140. The number of ether oxygens (including phenoxy) is 1. The van der Waals surface area contributed by atoms with Crippen molar-refractivity contribution < 1.29 is 9.53 Å². The number of carbonyl (C=O) groups excluding carboxylic acids is 1. The third kappa shape index (κ3) is 1.99. The molecule has 1 aromatic carbocycles. The molecule has 0 N–H and O–H groups in total. The second-order valence-electron chi connectivity index (χ2n) is 4.34. The average molecular weight is 323 g/mol. The van der Waals surface area contributed by atoms with Crippen LogP contribution in [-0.4, -0.2) is 5.78 Å². The van der Waals surface area contributed by atoms with Crippen molar-refractivity contribution in [2.45, 2.75) is 19.4 Å². The first-order chi connectivity index (χ1) is 8.65. The van der Waals surface area contributed by atoms with Crippen molar-refractivity contribution in [2.24, 2.45) is 0 Å². The van der Waals surface area contributed by atoms with Gasteiger partial charge in [0, 0.05) is 9.35 Å². The van der Waals surface area contributed by atoms with Gasteiger partial charge in [-0.15, -0.1) is 11.3 Å². The SMILES string of the molecule is Cc1ccsc1C1CC(=O)c2ccc(Br)cc2O1. The maximum Gasteiger partial charge on any atom is 0.170 e. The Kier molecular flexibility index (Phi) is 2.99. The van der Waals surface area contributed by atoms with Crippen molar-refractivity contribution in [3.05, 3.63) is 50.1 Å². The van der Waals surface area contributed by atoms with Crippen LogP contribution in [-0.2, 0) is 0 Å². The summed E-state index contributed by atoms with van der Waals surface area (Å²) in [6.45, 7) is 2.05. The van der Waals surface area contributed by atoms with Gasteiger partial charge in [-0.25, -0.2) is 0 Å². The Morgan fingerprint density at radius 1 is 1.39 bits per heavy atom. The number of hydrogen-bond donors (Lipinski definition) is 0. The lowest BCUT2D eigenvalue weighted by atomic mass is 9.99. The van der Waals surface area contributed by atoms with Crippen LogP contribution in [0.2, 0.25) is 0 Å². The van der Waals surface area contributed by atoms with Gasteiger partial charge >= 0.3 is 0 Å². The monoisotopic (exact) mass is 322 g/mol. The Bertz CT molecular complexity index is 618. The van der Waals surface area contributed by atoms with Crippen molar-refractivity contribution in [1.82, 2.24) is 0 Å². The van der Waals surface area contributed by atoms with Crippen molar-refractivity contribution in [3.63, 3.8) is 0 Å². The summed E-state index contributed by atoms with van der Waals surface area (Å²) in [6.07, 6.45) is 0.287. The highest BCUT2D eigenvalue weighted by Gasteiger charge is 2.29. The fourth-order valence-corrected chi connectivity index (χ4v) is 3.45. The van der Waals surface area contributed by atoms with Crippen LogP contribution in [0.4, 0.5) is 0 Å². The van der Waals surface area contributed by atoms with Crippen LogP contribution >= 0.6 is 27.3 Å². The topological polar surface area (TPSA) is 26.3 Å². The number of thiophene rings is 1. The molecule has 0 aliphatic carbocycles.